The van der Waals surface area contributed by atoms with Gasteiger partial charge in [-0.2, -0.15) is 0 Å². The molecule has 0 aromatic heterocycles. The molecule has 1 rings (SSSR count). The number of sulfonamides is 1. The molecule has 0 radical (unpaired) electrons. The second kappa shape index (κ2) is 4.59. The van der Waals surface area contributed by atoms with E-state index >= 15 is 0 Å². The lowest BCUT2D eigenvalue weighted by atomic mass is 9.94. The van der Waals surface area contributed by atoms with Gasteiger partial charge < -0.3 is 4.74 Å². The summed E-state index contributed by atoms with van der Waals surface area (Å²) in [5, 5.41) is 0. The molecule has 1 aliphatic heterocycles. The van der Waals surface area contributed by atoms with E-state index in [0.717, 1.165) is 12.8 Å². The standard InChI is InChI=1S/C9H19NO3S/c1-3-8-14(11,12)10-9(2)4-6-13-7-5-9/h10H,3-8H2,1-2H3. The molecule has 84 valence electrons. The molecule has 0 unspecified atom stereocenters. The highest BCUT2D eigenvalue weighted by molar-refractivity contribution is 7.89. The molecule has 5 heteroatoms. The van der Waals surface area contributed by atoms with Crippen LogP contribution >= 0.6 is 0 Å². The van der Waals surface area contributed by atoms with E-state index in [0.29, 0.717) is 19.6 Å². The van der Waals surface area contributed by atoms with Crippen molar-refractivity contribution in [1.29, 1.82) is 0 Å². The molecule has 0 amide bonds. The highest BCUT2D eigenvalue weighted by Gasteiger charge is 2.31. The summed E-state index contributed by atoms with van der Waals surface area (Å²) < 4.78 is 31.1. The van der Waals surface area contributed by atoms with Crippen molar-refractivity contribution in [2.24, 2.45) is 0 Å². The minimum absolute atomic E-state index is 0.212. The molecule has 0 aromatic rings. The average molecular weight is 221 g/mol. The topological polar surface area (TPSA) is 55.4 Å². The predicted octanol–water partition coefficient (Wildman–Crippen LogP) is 0.885. The monoisotopic (exact) mass is 221 g/mol. The minimum Gasteiger partial charge on any atom is -0.381 e. The summed E-state index contributed by atoms with van der Waals surface area (Å²) >= 11 is 0. The Morgan fingerprint density at radius 1 is 1.36 bits per heavy atom. The Labute approximate surface area is 86.1 Å². The van der Waals surface area contributed by atoms with E-state index in [1.165, 1.54) is 0 Å². The van der Waals surface area contributed by atoms with Crippen LogP contribution in [-0.4, -0.2) is 32.9 Å². The van der Waals surface area contributed by atoms with Gasteiger partial charge in [0.1, 0.15) is 0 Å². The third kappa shape index (κ3) is 3.55. The van der Waals surface area contributed by atoms with E-state index in [9.17, 15) is 8.42 Å². The van der Waals surface area contributed by atoms with Crippen molar-refractivity contribution in [3.63, 3.8) is 0 Å². The van der Waals surface area contributed by atoms with E-state index in [2.05, 4.69) is 4.72 Å². The molecule has 0 aliphatic carbocycles. The second-order valence-corrected chi connectivity index (χ2v) is 5.94. The third-order valence-electron chi connectivity index (χ3n) is 2.47. The van der Waals surface area contributed by atoms with Crippen LogP contribution in [0.2, 0.25) is 0 Å². The van der Waals surface area contributed by atoms with Crippen molar-refractivity contribution in [2.45, 2.75) is 38.6 Å². The first-order valence-corrected chi connectivity index (χ1v) is 6.72. The van der Waals surface area contributed by atoms with Gasteiger partial charge in [-0.05, 0) is 26.2 Å². The van der Waals surface area contributed by atoms with Crippen LogP contribution in [0.5, 0.6) is 0 Å². The second-order valence-electron chi connectivity index (χ2n) is 4.09. The molecule has 1 saturated heterocycles. The summed E-state index contributed by atoms with van der Waals surface area (Å²) in [7, 11) is -3.10. The summed E-state index contributed by atoms with van der Waals surface area (Å²) in [6.07, 6.45) is 2.17. The molecular formula is C9H19NO3S. The molecule has 1 heterocycles. The molecule has 4 nitrogen and oxygen atoms in total. The first-order chi connectivity index (χ1) is 6.47. The van der Waals surface area contributed by atoms with Crippen LogP contribution in [-0.2, 0) is 14.8 Å². The zero-order valence-electron chi connectivity index (χ0n) is 8.88. The number of hydrogen-bond donors (Lipinski definition) is 1. The van der Waals surface area contributed by atoms with Crippen molar-refractivity contribution in [3.8, 4) is 0 Å². The summed E-state index contributed by atoms with van der Waals surface area (Å²) in [5.41, 5.74) is -0.299. The smallest absolute Gasteiger partial charge is 0.212 e. The van der Waals surface area contributed by atoms with Crippen molar-refractivity contribution < 1.29 is 13.2 Å². The largest absolute Gasteiger partial charge is 0.381 e. The SMILES string of the molecule is CCCS(=O)(=O)NC1(C)CCOCC1. The fourth-order valence-corrected chi connectivity index (χ4v) is 3.21. The van der Waals surface area contributed by atoms with Gasteiger partial charge in [0, 0.05) is 18.8 Å². The third-order valence-corrected chi connectivity index (χ3v) is 4.22. The maximum absolute atomic E-state index is 11.6. The summed E-state index contributed by atoms with van der Waals surface area (Å²) in [6.45, 7) is 5.10. The van der Waals surface area contributed by atoms with Gasteiger partial charge in [0.15, 0.2) is 0 Å². The van der Waals surface area contributed by atoms with E-state index in [1.807, 2.05) is 13.8 Å². The van der Waals surface area contributed by atoms with E-state index in [4.69, 9.17) is 4.74 Å². The van der Waals surface area contributed by atoms with Gasteiger partial charge in [0.25, 0.3) is 0 Å². The first kappa shape index (κ1) is 11.9. The van der Waals surface area contributed by atoms with Gasteiger partial charge in [0.05, 0.1) is 5.75 Å². The lowest BCUT2D eigenvalue weighted by Gasteiger charge is -2.33. The zero-order valence-corrected chi connectivity index (χ0v) is 9.69. The van der Waals surface area contributed by atoms with Crippen molar-refractivity contribution in [3.05, 3.63) is 0 Å². The van der Waals surface area contributed by atoms with Gasteiger partial charge in [-0.3, -0.25) is 0 Å². The number of ether oxygens (including phenoxy) is 1. The van der Waals surface area contributed by atoms with Crippen LogP contribution in [0.25, 0.3) is 0 Å². The lowest BCUT2D eigenvalue weighted by Crippen LogP contribution is -2.50. The fourth-order valence-electron chi connectivity index (χ4n) is 1.62. The lowest BCUT2D eigenvalue weighted by molar-refractivity contribution is 0.0537. The molecule has 0 aromatic carbocycles. The summed E-state index contributed by atoms with van der Waals surface area (Å²) in [6, 6.07) is 0. The van der Waals surface area contributed by atoms with Crippen LogP contribution < -0.4 is 4.72 Å². The van der Waals surface area contributed by atoms with Crippen LogP contribution in [0.4, 0.5) is 0 Å². The summed E-state index contributed by atoms with van der Waals surface area (Å²) in [5.74, 6) is 0.212. The van der Waals surface area contributed by atoms with Crippen LogP contribution in [0.15, 0.2) is 0 Å². The molecule has 1 N–H and O–H groups in total. The van der Waals surface area contributed by atoms with E-state index in [-0.39, 0.29) is 11.3 Å². The Hall–Kier alpha value is -0.130. The maximum Gasteiger partial charge on any atom is 0.212 e. The van der Waals surface area contributed by atoms with E-state index < -0.39 is 10.0 Å². The Kier molecular flexibility index (Phi) is 3.92. The maximum atomic E-state index is 11.6. The molecule has 0 saturated carbocycles. The van der Waals surface area contributed by atoms with Crippen molar-refractivity contribution in [2.75, 3.05) is 19.0 Å². The number of nitrogens with one attached hydrogen (secondary N) is 1. The van der Waals surface area contributed by atoms with Gasteiger partial charge in [0.2, 0.25) is 10.0 Å². The van der Waals surface area contributed by atoms with E-state index in [1.54, 1.807) is 0 Å². The Morgan fingerprint density at radius 3 is 2.43 bits per heavy atom. The molecule has 0 spiro atoms. The molecule has 14 heavy (non-hydrogen) atoms. The Morgan fingerprint density at radius 2 is 1.93 bits per heavy atom. The molecule has 0 bridgehead atoms. The van der Waals surface area contributed by atoms with Crippen molar-refractivity contribution >= 4 is 10.0 Å². The predicted molar refractivity (Wildman–Crippen MR) is 55.7 cm³/mol. The quantitative estimate of drug-likeness (QED) is 0.767. The number of hydrogen-bond acceptors (Lipinski definition) is 3. The highest BCUT2D eigenvalue weighted by Crippen LogP contribution is 2.20. The Balaban J connectivity index is 2.57. The van der Waals surface area contributed by atoms with Gasteiger partial charge in [-0.15, -0.1) is 0 Å². The van der Waals surface area contributed by atoms with Gasteiger partial charge in [-0.1, -0.05) is 6.92 Å². The van der Waals surface area contributed by atoms with Gasteiger partial charge >= 0.3 is 0 Å². The average Bonchev–Trinajstić information content (AvgIpc) is 2.02. The fraction of sp³-hybridized carbons (Fsp3) is 1.00. The summed E-state index contributed by atoms with van der Waals surface area (Å²) in [4.78, 5) is 0. The molecule has 1 fully saturated rings. The minimum atomic E-state index is -3.10. The van der Waals surface area contributed by atoms with Crippen LogP contribution in [0.3, 0.4) is 0 Å². The number of rotatable bonds is 4. The molecule has 0 atom stereocenters. The molecule has 1 aliphatic rings. The van der Waals surface area contributed by atoms with Crippen LogP contribution in [0, 0.1) is 0 Å². The zero-order chi connectivity index (χ0) is 10.7. The van der Waals surface area contributed by atoms with Crippen LogP contribution in [0.1, 0.15) is 33.1 Å². The van der Waals surface area contributed by atoms with Crippen molar-refractivity contribution in [1.82, 2.24) is 4.72 Å². The highest BCUT2D eigenvalue weighted by atomic mass is 32.2. The first-order valence-electron chi connectivity index (χ1n) is 5.07. The molecular weight excluding hydrogens is 202 g/mol. The Bertz CT molecular complexity index is 268. The van der Waals surface area contributed by atoms with Gasteiger partial charge in [-0.25, -0.2) is 13.1 Å². The normalized spacial score (nSPS) is 22.1.